The number of piperidine rings is 1. The predicted molar refractivity (Wildman–Crippen MR) is 131 cm³/mol. The molecule has 7 nitrogen and oxygen atoms in total. The van der Waals surface area contributed by atoms with Crippen molar-refractivity contribution < 1.29 is 18.7 Å². The minimum Gasteiger partial charge on any atom is -0.493 e. The topological polar surface area (TPSA) is 76.6 Å². The van der Waals surface area contributed by atoms with Crippen LogP contribution in [0.4, 0.5) is 15.9 Å². The summed E-state index contributed by atoms with van der Waals surface area (Å²) < 4.78 is 26.4. The minimum absolute atomic E-state index is 0.0862. The number of rotatable bonds is 7. The number of anilines is 2. The quantitative estimate of drug-likeness (QED) is 0.177. The summed E-state index contributed by atoms with van der Waals surface area (Å²) in [5.74, 6) is 0.713. The number of benzene rings is 2. The third-order valence-electron chi connectivity index (χ3n) is 5.45. The summed E-state index contributed by atoms with van der Waals surface area (Å²) in [7, 11) is 1.55. The van der Waals surface area contributed by atoms with Gasteiger partial charge >= 0.3 is 0 Å². The van der Waals surface area contributed by atoms with Gasteiger partial charge in [0.15, 0.2) is 17.3 Å². The Bertz CT molecular complexity index is 1250. The number of halogens is 4. The Balaban J connectivity index is 1.60. The van der Waals surface area contributed by atoms with Crippen molar-refractivity contribution in [1.29, 1.82) is 0 Å². The first-order valence-corrected chi connectivity index (χ1v) is 11.5. The van der Waals surface area contributed by atoms with Gasteiger partial charge in [-0.15, -0.1) is 0 Å². The predicted octanol–water partition coefficient (Wildman–Crippen LogP) is 5.95. The zero-order valence-electron chi connectivity index (χ0n) is 18.0. The molecule has 1 N–H and O–H groups in total. The molecule has 0 atom stereocenters. The molecule has 34 heavy (non-hydrogen) atoms. The fourth-order valence-corrected chi connectivity index (χ4v) is 4.22. The molecule has 0 amide bonds. The van der Waals surface area contributed by atoms with Gasteiger partial charge in [-0.25, -0.2) is 14.4 Å². The van der Waals surface area contributed by atoms with E-state index >= 15 is 0 Å². The fraction of sp³-hybridized carbons (Fsp3) is 0.261. The highest BCUT2D eigenvalue weighted by Crippen LogP contribution is 2.37. The number of allylic oxidation sites excluding steroid dienone is 1. The van der Waals surface area contributed by atoms with Crippen molar-refractivity contribution in [2.24, 2.45) is 0 Å². The Kier molecular flexibility index (Phi) is 7.60. The number of carbonyl (C=O) groups excluding carboxylic acids is 1. The van der Waals surface area contributed by atoms with Crippen LogP contribution >= 0.6 is 34.8 Å². The Labute approximate surface area is 210 Å². The van der Waals surface area contributed by atoms with Gasteiger partial charge in [0.05, 0.1) is 28.4 Å². The molecule has 3 aromatic rings. The van der Waals surface area contributed by atoms with Crippen molar-refractivity contribution in [2.75, 3.05) is 25.5 Å². The lowest BCUT2D eigenvalue weighted by Crippen LogP contribution is -2.36. The summed E-state index contributed by atoms with van der Waals surface area (Å²) >= 11 is 18.0. The molecule has 178 valence electrons. The summed E-state index contributed by atoms with van der Waals surface area (Å²) in [6.45, 7) is 1.30. The van der Waals surface area contributed by atoms with Gasteiger partial charge < -0.3 is 19.7 Å². The van der Waals surface area contributed by atoms with Crippen molar-refractivity contribution in [1.82, 2.24) is 14.9 Å². The zero-order valence-corrected chi connectivity index (χ0v) is 20.3. The van der Waals surface area contributed by atoms with Gasteiger partial charge in [0.25, 0.3) is 0 Å². The second-order valence-electron chi connectivity index (χ2n) is 7.52. The van der Waals surface area contributed by atoms with E-state index in [-0.39, 0.29) is 21.8 Å². The van der Waals surface area contributed by atoms with E-state index in [2.05, 4.69) is 15.3 Å². The maximum Gasteiger partial charge on any atom is 0.166 e. The van der Waals surface area contributed by atoms with Crippen molar-refractivity contribution in [3.63, 3.8) is 0 Å². The molecule has 0 aliphatic carbocycles. The second kappa shape index (κ2) is 10.6. The maximum atomic E-state index is 14.6. The number of aromatic nitrogens is 2. The SMILES string of the molecule is COc1cc2ncnc(Nc3ccc(Cl)c(Cl)c3F)c2cc1OC1CCN(/C(Cl)=C\C=O)CC1. The van der Waals surface area contributed by atoms with Crippen molar-refractivity contribution in [3.05, 3.63) is 57.7 Å². The second-order valence-corrected chi connectivity index (χ2v) is 8.69. The van der Waals surface area contributed by atoms with Crippen LogP contribution in [-0.2, 0) is 4.79 Å². The van der Waals surface area contributed by atoms with Crippen LogP contribution in [0.15, 0.2) is 41.8 Å². The van der Waals surface area contributed by atoms with Gasteiger partial charge in [-0.1, -0.05) is 34.8 Å². The third-order valence-corrected chi connectivity index (χ3v) is 6.60. The molecule has 1 saturated heterocycles. The first kappa shape index (κ1) is 24.3. The molecule has 0 spiro atoms. The van der Waals surface area contributed by atoms with Gasteiger partial charge in [-0.05, 0) is 18.2 Å². The highest BCUT2D eigenvalue weighted by Gasteiger charge is 2.23. The molecule has 2 heterocycles. The third kappa shape index (κ3) is 5.14. The number of aldehydes is 1. The zero-order chi connectivity index (χ0) is 24.2. The first-order chi connectivity index (χ1) is 16.4. The highest BCUT2D eigenvalue weighted by molar-refractivity contribution is 6.42. The standard InChI is InChI=1S/C23H20Cl3FN4O3/c1-33-18-11-17-14(10-19(18)34-13-4-7-31(8-5-13)20(25)6-9-32)23(29-12-28-17)30-16-3-2-15(24)21(26)22(16)27/h2-3,6,9-13H,4-5,7-8H2,1H3,(H,28,29,30)/b20-6-. The molecular weight excluding hydrogens is 506 g/mol. The average Bonchev–Trinajstić information content (AvgIpc) is 2.85. The molecule has 1 aliphatic heterocycles. The Morgan fingerprint density at radius 1 is 1.21 bits per heavy atom. The Morgan fingerprint density at radius 2 is 1.97 bits per heavy atom. The molecule has 1 aromatic heterocycles. The molecule has 0 bridgehead atoms. The van der Waals surface area contributed by atoms with E-state index in [1.165, 1.54) is 24.5 Å². The summed E-state index contributed by atoms with van der Waals surface area (Å²) in [5, 5.41) is 3.93. The number of hydrogen-bond acceptors (Lipinski definition) is 7. The number of nitrogens with zero attached hydrogens (tertiary/aromatic N) is 3. The number of carbonyl (C=O) groups is 1. The van der Waals surface area contributed by atoms with E-state index in [0.717, 1.165) is 0 Å². The molecule has 0 unspecified atom stereocenters. The van der Waals surface area contributed by atoms with Gasteiger partial charge in [0.2, 0.25) is 0 Å². The molecule has 1 aliphatic rings. The molecule has 4 rings (SSSR count). The summed E-state index contributed by atoms with van der Waals surface area (Å²) in [4.78, 5) is 21.2. The van der Waals surface area contributed by atoms with Crippen LogP contribution in [0.2, 0.25) is 10.0 Å². The fourth-order valence-electron chi connectivity index (χ4n) is 3.69. The Morgan fingerprint density at radius 3 is 2.68 bits per heavy atom. The first-order valence-electron chi connectivity index (χ1n) is 10.4. The van der Waals surface area contributed by atoms with Gasteiger partial charge in [0, 0.05) is 43.5 Å². The number of methoxy groups -OCH3 is 1. The lowest BCUT2D eigenvalue weighted by Gasteiger charge is -2.33. The van der Waals surface area contributed by atoms with Crippen LogP contribution in [0.5, 0.6) is 11.5 Å². The molecule has 0 saturated carbocycles. The van der Waals surface area contributed by atoms with E-state index in [1.54, 1.807) is 19.2 Å². The van der Waals surface area contributed by atoms with Crippen LogP contribution < -0.4 is 14.8 Å². The normalized spacial score (nSPS) is 14.9. The number of hydrogen-bond donors (Lipinski definition) is 1. The van der Waals surface area contributed by atoms with Crippen molar-refractivity contribution >= 4 is 63.5 Å². The molecule has 2 aromatic carbocycles. The monoisotopic (exact) mass is 524 g/mol. The molecule has 0 radical (unpaired) electrons. The van der Waals surface area contributed by atoms with Crippen molar-refractivity contribution in [2.45, 2.75) is 18.9 Å². The highest BCUT2D eigenvalue weighted by atomic mass is 35.5. The smallest absolute Gasteiger partial charge is 0.166 e. The summed E-state index contributed by atoms with van der Waals surface area (Å²) in [6, 6.07) is 6.48. The van der Waals surface area contributed by atoms with Crippen LogP contribution in [-0.4, -0.2) is 47.5 Å². The minimum atomic E-state index is -0.681. The average molecular weight is 526 g/mol. The van der Waals surface area contributed by atoms with E-state index in [4.69, 9.17) is 44.3 Å². The lowest BCUT2D eigenvalue weighted by atomic mass is 10.1. The van der Waals surface area contributed by atoms with E-state index in [9.17, 15) is 9.18 Å². The maximum absolute atomic E-state index is 14.6. The lowest BCUT2D eigenvalue weighted by molar-refractivity contribution is -0.104. The van der Waals surface area contributed by atoms with Gasteiger partial charge in [0.1, 0.15) is 29.7 Å². The van der Waals surface area contributed by atoms with E-state index in [1.807, 2.05) is 4.90 Å². The molecule has 1 fully saturated rings. The number of ether oxygens (including phenoxy) is 2. The number of fused-ring (bicyclic) bond motifs is 1. The van der Waals surface area contributed by atoms with Crippen LogP contribution in [0.1, 0.15) is 12.8 Å². The van der Waals surface area contributed by atoms with E-state index < -0.39 is 5.82 Å². The number of likely N-dealkylation sites (tertiary alicyclic amines) is 1. The summed E-state index contributed by atoms with van der Waals surface area (Å²) in [5.41, 5.74) is 0.711. The van der Waals surface area contributed by atoms with Gasteiger partial charge in [-0.3, -0.25) is 4.79 Å². The molecule has 11 heteroatoms. The number of nitrogens with one attached hydrogen (secondary N) is 1. The van der Waals surface area contributed by atoms with Crippen LogP contribution in [0.3, 0.4) is 0 Å². The van der Waals surface area contributed by atoms with E-state index in [0.29, 0.717) is 65.6 Å². The van der Waals surface area contributed by atoms with Crippen molar-refractivity contribution in [3.8, 4) is 11.5 Å². The van der Waals surface area contributed by atoms with Crippen LogP contribution in [0, 0.1) is 5.82 Å². The Hall–Kier alpha value is -2.81. The summed E-state index contributed by atoms with van der Waals surface area (Å²) in [6.07, 6.45) is 4.69. The molecular formula is C23H20Cl3FN4O3. The van der Waals surface area contributed by atoms with Gasteiger partial charge in [-0.2, -0.15) is 0 Å². The largest absolute Gasteiger partial charge is 0.493 e. The van der Waals surface area contributed by atoms with Crippen LogP contribution in [0.25, 0.3) is 10.9 Å².